The highest BCUT2D eigenvalue weighted by Gasteiger charge is 2.31. The van der Waals surface area contributed by atoms with Gasteiger partial charge in [-0.25, -0.2) is 0 Å². The molecule has 0 atom stereocenters. The molecule has 106 valence electrons. The molecule has 0 aliphatic carbocycles. The maximum atomic E-state index is 12.8. The Morgan fingerprint density at radius 1 is 1.00 bits per heavy atom. The fourth-order valence-electron chi connectivity index (χ4n) is 2.13. The first-order chi connectivity index (χ1) is 9.97. The number of halogens is 3. The molecule has 3 rings (SSSR count). The molecule has 0 unspecified atom stereocenters. The summed E-state index contributed by atoms with van der Waals surface area (Å²) >= 11 is 0. The zero-order valence-electron chi connectivity index (χ0n) is 10.6. The van der Waals surface area contributed by atoms with Crippen LogP contribution in [-0.2, 0) is 6.18 Å². The number of rotatable bonds is 1. The van der Waals surface area contributed by atoms with Gasteiger partial charge in [0.2, 0.25) is 0 Å². The smallest absolute Gasteiger partial charge is 0.283 e. The standard InChI is InChI=1S/C15H9F3N2O/c16-15(17,18)10-5-6-14(21)20(9-10)13-7-8-19-12-4-2-1-3-11(12)13/h1-9H. The van der Waals surface area contributed by atoms with E-state index in [2.05, 4.69) is 4.98 Å². The first-order valence-electron chi connectivity index (χ1n) is 6.11. The van der Waals surface area contributed by atoms with Gasteiger partial charge < -0.3 is 0 Å². The molecular formula is C15H9F3N2O. The maximum absolute atomic E-state index is 12.8. The van der Waals surface area contributed by atoms with Crippen molar-refractivity contribution in [3.63, 3.8) is 0 Å². The summed E-state index contributed by atoms with van der Waals surface area (Å²) in [6.45, 7) is 0. The number of para-hydroxylation sites is 1. The van der Waals surface area contributed by atoms with Gasteiger partial charge in [0.1, 0.15) is 0 Å². The van der Waals surface area contributed by atoms with Crippen LogP contribution in [0.5, 0.6) is 0 Å². The molecule has 0 saturated heterocycles. The summed E-state index contributed by atoms with van der Waals surface area (Å²) in [4.78, 5) is 16.0. The van der Waals surface area contributed by atoms with E-state index < -0.39 is 17.3 Å². The molecule has 0 radical (unpaired) electrons. The van der Waals surface area contributed by atoms with Crippen molar-refractivity contribution in [2.45, 2.75) is 6.18 Å². The third kappa shape index (κ3) is 2.40. The monoisotopic (exact) mass is 290 g/mol. The van der Waals surface area contributed by atoms with Crippen molar-refractivity contribution in [2.24, 2.45) is 0 Å². The molecule has 0 saturated carbocycles. The summed E-state index contributed by atoms with van der Waals surface area (Å²) in [6.07, 6.45) is -2.23. The maximum Gasteiger partial charge on any atom is 0.417 e. The van der Waals surface area contributed by atoms with Crippen LogP contribution in [-0.4, -0.2) is 9.55 Å². The number of hydrogen-bond acceptors (Lipinski definition) is 2. The first kappa shape index (κ1) is 13.4. The first-order valence-corrected chi connectivity index (χ1v) is 6.11. The zero-order chi connectivity index (χ0) is 15.0. The van der Waals surface area contributed by atoms with Gasteiger partial charge in [0, 0.05) is 23.8 Å². The molecule has 0 fully saturated rings. The largest absolute Gasteiger partial charge is 0.417 e. The third-order valence-corrected chi connectivity index (χ3v) is 3.12. The molecular weight excluding hydrogens is 281 g/mol. The van der Waals surface area contributed by atoms with E-state index in [-0.39, 0.29) is 0 Å². The summed E-state index contributed by atoms with van der Waals surface area (Å²) in [7, 11) is 0. The van der Waals surface area contributed by atoms with E-state index in [1.165, 1.54) is 12.3 Å². The molecule has 0 bridgehead atoms. The van der Waals surface area contributed by atoms with Crippen LogP contribution in [0.3, 0.4) is 0 Å². The topological polar surface area (TPSA) is 34.9 Å². The lowest BCUT2D eigenvalue weighted by Gasteiger charge is -2.12. The van der Waals surface area contributed by atoms with Crippen LogP contribution >= 0.6 is 0 Å². The van der Waals surface area contributed by atoms with Crippen LogP contribution in [0.2, 0.25) is 0 Å². The lowest BCUT2D eigenvalue weighted by atomic mass is 10.1. The Bertz CT molecular complexity index is 863. The van der Waals surface area contributed by atoms with Crippen molar-refractivity contribution in [1.82, 2.24) is 9.55 Å². The predicted molar refractivity (Wildman–Crippen MR) is 72.3 cm³/mol. The minimum atomic E-state index is -4.50. The van der Waals surface area contributed by atoms with E-state index in [0.29, 0.717) is 16.6 Å². The lowest BCUT2D eigenvalue weighted by Crippen LogP contribution is -2.20. The molecule has 21 heavy (non-hydrogen) atoms. The molecule has 3 aromatic rings. The van der Waals surface area contributed by atoms with E-state index in [0.717, 1.165) is 22.9 Å². The van der Waals surface area contributed by atoms with Crippen LogP contribution in [0.15, 0.2) is 59.7 Å². The molecule has 3 nitrogen and oxygen atoms in total. The Hall–Kier alpha value is -2.63. The van der Waals surface area contributed by atoms with E-state index in [4.69, 9.17) is 0 Å². The fourth-order valence-corrected chi connectivity index (χ4v) is 2.13. The summed E-state index contributed by atoms with van der Waals surface area (Å²) in [5.41, 5.74) is -0.418. The van der Waals surface area contributed by atoms with Crippen molar-refractivity contribution in [1.29, 1.82) is 0 Å². The van der Waals surface area contributed by atoms with Crippen LogP contribution in [0, 0.1) is 0 Å². The second-order valence-corrected chi connectivity index (χ2v) is 4.47. The second-order valence-electron chi connectivity index (χ2n) is 4.47. The molecule has 6 heteroatoms. The minimum absolute atomic E-state index is 0.372. The third-order valence-electron chi connectivity index (χ3n) is 3.12. The van der Waals surface area contributed by atoms with Gasteiger partial charge in [-0.15, -0.1) is 0 Å². The number of pyridine rings is 2. The Morgan fingerprint density at radius 3 is 2.52 bits per heavy atom. The molecule has 0 amide bonds. The number of benzene rings is 1. The highest BCUT2D eigenvalue weighted by molar-refractivity contribution is 5.86. The van der Waals surface area contributed by atoms with Gasteiger partial charge >= 0.3 is 6.18 Å². The van der Waals surface area contributed by atoms with Gasteiger partial charge in [0.15, 0.2) is 0 Å². The SMILES string of the molecule is O=c1ccc(C(F)(F)F)cn1-c1ccnc2ccccc12. The van der Waals surface area contributed by atoms with Crippen molar-refractivity contribution in [2.75, 3.05) is 0 Å². The van der Waals surface area contributed by atoms with E-state index in [1.807, 2.05) is 0 Å². The highest BCUT2D eigenvalue weighted by atomic mass is 19.4. The van der Waals surface area contributed by atoms with Gasteiger partial charge in [0.25, 0.3) is 5.56 Å². The van der Waals surface area contributed by atoms with Gasteiger partial charge in [-0.3, -0.25) is 14.3 Å². The molecule has 0 aliphatic heterocycles. The van der Waals surface area contributed by atoms with Gasteiger partial charge in [-0.05, 0) is 18.2 Å². The number of hydrogen-bond donors (Lipinski definition) is 0. The van der Waals surface area contributed by atoms with Crippen LogP contribution < -0.4 is 5.56 Å². The molecule has 0 spiro atoms. The van der Waals surface area contributed by atoms with Crippen molar-refractivity contribution in [3.05, 3.63) is 70.8 Å². The Kier molecular flexibility index (Phi) is 3.01. The second kappa shape index (κ2) is 4.73. The number of aromatic nitrogens is 2. The fraction of sp³-hybridized carbons (Fsp3) is 0.0667. The van der Waals surface area contributed by atoms with Crippen molar-refractivity contribution < 1.29 is 13.2 Å². The molecule has 1 aromatic carbocycles. The summed E-state index contributed by atoms with van der Waals surface area (Å²) < 4.78 is 39.4. The molecule has 0 N–H and O–H groups in total. The summed E-state index contributed by atoms with van der Waals surface area (Å²) in [6, 6.07) is 10.2. The van der Waals surface area contributed by atoms with Gasteiger partial charge in [0.05, 0.1) is 16.8 Å². The highest BCUT2D eigenvalue weighted by Crippen LogP contribution is 2.29. The van der Waals surface area contributed by atoms with Gasteiger partial charge in [-0.1, -0.05) is 18.2 Å². The lowest BCUT2D eigenvalue weighted by molar-refractivity contribution is -0.138. The van der Waals surface area contributed by atoms with Crippen LogP contribution in [0.4, 0.5) is 13.2 Å². The van der Waals surface area contributed by atoms with E-state index >= 15 is 0 Å². The summed E-state index contributed by atoms with van der Waals surface area (Å²) in [5.74, 6) is 0. The average Bonchev–Trinajstić information content (AvgIpc) is 2.46. The molecule has 2 heterocycles. The number of fused-ring (bicyclic) bond motifs is 1. The van der Waals surface area contributed by atoms with Crippen molar-refractivity contribution >= 4 is 10.9 Å². The van der Waals surface area contributed by atoms with Crippen LogP contribution in [0.25, 0.3) is 16.6 Å². The molecule has 2 aromatic heterocycles. The quantitative estimate of drug-likeness (QED) is 0.688. The van der Waals surface area contributed by atoms with E-state index in [9.17, 15) is 18.0 Å². The minimum Gasteiger partial charge on any atom is -0.283 e. The summed E-state index contributed by atoms with van der Waals surface area (Å²) in [5, 5.41) is 0.612. The number of nitrogens with zero attached hydrogens (tertiary/aromatic N) is 2. The molecule has 0 aliphatic rings. The normalized spacial score (nSPS) is 11.8. The average molecular weight is 290 g/mol. The van der Waals surface area contributed by atoms with Crippen LogP contribution in [0.1, 0.15) is 5.56 Å². The van der Waals surface area contributed by atoms with E-state index in [1.54, 1.807) is 24.3 Å². The number of alkyl halides is 3. The zero-order valence-corrected chi connectivity index (χ0v) is 10.6. The van der Waals surface area contributed by atoms with Gasteiger partial charge in [-0.2, -0.15) is 13.2 Å². The Labute approximate surface area is 117 Å². The van der Waals surface area contributed by atoms with Crippen molar-refractivity contribution in [3.8, 4) is 5.69 Å². The predicted octanol–water partition coefficient (Wildman–Crippen LogP) is 3.40. The Balaban J connectivity index is 2.31. The Morgan fingerprint density at radius 2 is 1.76 bits per heavy atom.